The number of imide groups is 1. The average molecular weight is 242 g/mol. The minimum absolute atomic E-state index is 0.221. The van der Waals surface area contributed by atoms with E-state index in [1.807, 2.05) is 0 Å². The lowest BCUT2D eigenvalue weighted by Crippen LogP contribution is -2.31. The number of halogens is 1. The maximum atomic E-state index is 11.8. The van der Waals surface area contributed by atoms with Crippen molar-refractivity contribution in [2.75, 3.05) is 12.3 Å². The van der Waals surface area contributed by atoms with E-state index in [0.29, 0.717) is 23.4 Å². The molecule has 0 atom stereocenters. The predicted octanol–water partition coefficient (Wildman–Crippen LogP) is 2.17. The van der Waals surface area contributed by atoms with Gasteiger partial charge in [0.1, 0.15) is 0 Å². The van der Waals surface area contributed by atoms with Gasteiger partial charge < -0.3 is 0 Å². The molecule has 0 saturated heterocycles. The summed E-state index contributed by atoms with van der Waals surface area (Å²) in [6.07, 6.45) is 0. The molecule has 0 fully saturated rings. The van der Waals surface area contributed by atoms with Crippen molar-refractivity contribution in [2.45, 2.75) is 0 Å². The molecule has 0 N–H and O–H groups in total. The number of hydrogen-bond donors (Lipinski definition) is 0. The van der Waals surface area contributed by atoms with Crippen LogP contribution in [0.15, 0.2) is 24.3 Å². The molecular formula is C10H8ClNO2S. The number of amides is 2. The highest BCUT2D eigenvalue weighted by atomic mass is 35.7. The molecular weight excluding hydrogens is 234 g/mol. The summed E-state index contributed by atoms with van der Waals surface area (Å²) < 4.78 is 0. The second-order valence-electron chi connectivity index (χ2n) is 3.12. The molecule has 1 heterocycles. The summed E-state index contributed by atoms with van der Waals surface area (Å²) in [5.74, 6) is 0.107. The lowest BCUT2D eigenvalue weighted by molar-refractivity contribution is 0.0664. The van der Waals surface area contributed by atoms with Crippen LogP contribution in [0, 0.1) is 0 Å². The fourth-order valence-corrected chi connectivity index (χ4v) is 2.03. The van der Waals surface area contributed by atoms with Crippen molar-refractivity contribution in [3.63, 3.8) is 0 Å². The summed E-state index contributed by atoms with van der Waals surface area (Å²) in [4.78, 5) is 24.8. The summed E-state index contributed by atoms with van der Waals surface area (Å²) in [6.45, 7) is 0.362. The molecule has 0 saturated carbocycles. The van der Waals surface area contributed by atoms with Crippen molar-refractivity contribution in [1.29, 1.82) is 0 Å². The van der Waals surface area contributed by atoms with Gasteiger partial charge >= 0.3 is 0 Å². The Morgan fingerprint density at radius 1 is 1.13 bits per heavy atom. The van der Waals surface area contributed by atoms with Crippen molar-refractivity contribution in [3.8, 4) is 0 Å². The molecule has 1 aliphatic rings. The first-order valence-corrected chi connectivity index (χ1v) is 6.25. The van der Waals surface area contributed by atoms with Gasteiger partial charge in [0.05, 0.1) is 11.1 Å². The van der Waals surface area contributed by atoms with E-state index in [4.69, 9.17) is 10.7 Å². The van der Waals surface area contributed by atoms with Gasteiger partial charge in [0.15, 0.2) is 0 Å². The quantitative estimate of drug-likeness (QED) is 0.762. The zero-order chi connectivity index (χ0) is 10.8. The summed E-state index contributed by atoms with van der Waals surface area (Å²) in [5, 5.41) is 0. The Morgan fingerprint density at radius 2 is 1.67 bits per heavy atom. The number of benzene rings is 1. The van der Waals surface area contributed by atoms with Crippen molar-refractivity contribution in [1.82, 2.24) is 4.90 Å². The fraction of sp³-hybridized carbons (Fsp3) is 0.200. The van der Waals surface area contributed by atoms with E-state index in [-0.39, 0.29) is 11.8 Å². The Labute approximate surface area is 95.9 Å². The summed E-state index contributed by atoms with van der Waals surface area (Å²) in [7, 11) is 6.55. The highest BCUT2D eigenvalue weighted by Gasteiger charge is 2.34. The SMILES string of the molecule is O=C1c2ccccc2C(=O)N1CCSCl. The maximum Gasteiger partial charge on any atom is 0.261 e. The van der Waals surface area contributed by atoms with Crippen LogP contribution in [0.25, 0.3) is 0 Å². The topological polar surface area (TPSA) is 37.4 Å². The van der Waals surface area contributed by atoms with Crippen molar-refractivity contribution < 1.29 is 9.59 Å². The zero-order valence-corrected chi connectivity index (χ0v) is 9.35. The third kappa shape index (κ3) is 1.75. The standard InChI is InChI=1S/C10H8ClNO2S/c11-15-6-5-12-9(13)7-3-1-2-4-8(7)10(12)14/h1-4H,5-6H2. The molecule has 0 spiro atoms. The minimum atomic E-state index is -0.221. The van der Waals surface area contributed by atoms with Gasteiger partial charge in [-0.3, -0.25) is 14.5 Å². The number of rotatable bonds is 3. The van der Waals surface area contributed by atoms with Crippen molar-refractivity contribution in [3.05, 3.63) is 35.4 Å². The van der Waals surface area contributed by atoms with Crippen LogP contribution in [-0.4, -0.2) is 29.0 Å². The highest BCUT2D eigenvalue weighted by molar-refractivity contribution is 8.21. The van der Waals surface area contributed by atoms with Crippen LogP contribution in [0.1, 0.15) is 20.7 Å². The fourth-order valence-electron chi connectivity index (χ4n) is 1.57. The van der Waals surface area contributed by atoms with Gasteiger partial charge in [-0.05, 0) is 22.8 Å². The van der Waals surface area contributed by atoms with Crippen LogP contribution in [0.4, 0.5) is 0 Å². The molecule has 2 amide bonds. The largest absolute Gasteiger partial charge is 0.273 e. The molecule has 1 aromatic carbocycles. The van der Waals surface area contributed by atoms with E-state index in [1.54, 1.807) is 24.3 Å². The summed E-state index contributed by atoms with van der Waals surface area (Å²) in [6, 6.07) is 6.85. The summed E-state index contributed by atoms with van der Waals surface area (Å²) >= 11 is 0. The van der Waals surface area contributed by atoms with Crippen LogP contribution in [0.5, 0.6) is 0 Å². The van der Waals surface area contributed by atoms with Gasteiger partial charge in [-0.15, -0.1) is 0 Å². The van der Waals surface area contributed by atoms with Gasteiger partial charge in [-0.1, -0.05) is 23.1 Å². The van der Waals surface area contributed by atoms with Crippen LogP contribution >= 0.6 is 21.7 Å². The van der Waals surface area contributed by atoms with E-state index >= 15 is 0 Å². The first-order valence-electron chi connectivity index (χ1n) is 4.44. The Morgan fingerprint density at radius 3 is 2.13 bits per heavy atom. The highest BCUT2D eigenvalue weighted by Crippen LogP contribution is 2.22. The number of hydrogen-bond acceptors (Lipinski definition) is 3. The zero-order valence-electron chi connectivity index (χ0n) is 7.77. The van der Waals surface area contributed by atoms with Crippen LogP contribution in [-0.2, 0) is 0 Å². The lowest BCUT2D eigenvalue weighted by Gasteiger charge is -2.11. The van der Waals surface area contributed by atoms with Crippen LogP contribution < -0.4 is 0 Å². The van der Waals surface area contributed by atoms with Gasteiger partial charge in [-0.2, -0.15) is 0 Å². The van der Waals surface area contributed by atoms with Gasteiger partial charge in [0.2, 0.25) is 0 Å². The van der Waals surface area contributed by atoms with E-state index < -0.39 is 0 Å². The molecule has 1 aromatic rings. The second kappa shape index (κ2) is 4.24. The Bertz CT molecular complexity index is 387. The van der Waals surface area contributed by atoms with Gasteiger partial charge in [0.25, 0.3) is 11.8 Å². The van der Waals surface area contributed by atoms with E-state index in [0.717, 1.165) is 11.0 Å². The molecule has 0 aromatic heterocycles. The third-order valence-electron chi connectivity index (χ3n) is 2.27. The second-order valence-corrected chi connectivity index (χ2v) is 4.40. The first-order chi connectivity index (χ1) is 7.25. The average Bonchev–Trinajstić information content (AvgIpc) is 2.51. The Balaban J connectivity index is 2.29. The molecule has 78 valence electrons. The maximum absolute atomic E-state index is 11.8. The monoisotopic (exact) mass is 241 g/mol. The molecule has 0 radical (unpaired) electrons. The van der Waals surface area contributed by atoms with E-state index in [1.165, 1.54) is 4.90 Å². The predicted molar refractivity (Wildman–Crippen MR) is 60.1 cm³/mol. The smallest absolute Gasteiger partial charge is 0.261 e. The molecule has 1 aliphatic heterocycles. The summed E-state index contributed by atoms with van der Waals surface area (Å²) in [5.41, 5.74) is 0.976. The van der Waals surface area contributed by atoms with Gasteiger partial charge in [0, 0.05) is 12.3 Å². The molecule has 5 heteroatoms. The number of nitrogens with zero attached hydrogens (tertiary/aromatic N) is 1. The third-order valence-corrected chi connectivity index (χ3v) is 3.07. The first kappa shape index (κ1) is 10.5. The number of carbonyl (C=O) groups excluding carboxylic acids is 2. The van der Waals surface area contributed by atoms with E-state index in [9.17, 15) is 9.59 Å². The molecule has 3 nitrogen and oxygen atoms in total. The van der Waals surface area contributed by atoms with Crippen molar-refractivity contribution >= 4 is 33.5 Å². The minimum Gasteiger partial charge on any atom is -0.273 e. The number of fused-ring (bicyclic) bond motifs is 1. The number of carbonyl (C=O) groups is 2. The van der Waals surface area contributed by atoms with Crippen LogP contribution in [0.3, 0.4) is 0 Å². The molecule has 0 unspecified atom stereocenters. The van der Waals surface area contributed by atoms with E-state index in [2.05, 4.69) is 0 Å². The molecule has 0 bridgehead atoms. The van der Waals surface area contributed by atoms with Gasteiger partial charge in [-0.25, -0.2) is 0 Å². The molecule has 2 rings (SSSR count). The lowest BCUT2D eigenvalue weighted by atomic mass is 10.1. The Kier molecular flexibility index (Phi) is 2.98. The normalized spacial score (nSPS) is 14.6. The molecule has 15 heavy (non-hydrogen) atoms. The van der Waals surface area contributed by atoms with Crippen LogP contribution in [0.2, 0.25) is 0 Å². The van der Waals surface area contributed by atoms with Crippen molar-refractivity contribution in [2.24, 2.45) is 0 Å². The molecule has 0 aliphatic carbocycles. The Hall–Kier alpha value is -1.00.